The van der Waals surface area contributed by atoms with E-state index in [0.29, 0.717) is 85.3 Å². The van der Waals surface area contributed by atoms with Crippen molar-refractivity contribution in [3.8, 4) is 39.5 Å². The van der Waals surface area contributed by atoms with Gasteiger partial charge in [0.2, 0.25) is 18.0 Å². The first kappa shape index (κ1) is 51.3. The van der Waals surface area contributed by atoms with Gasteiger partial charge < -0.3 is 49.3 Å². The molecule has 76 heavy (non-hydrogen) atoms. The molecule has 4 amide bonds. The Morgan fingerprint density at radius 3 is 2.12 bits per heavy atom. The summed E-state index contributed by atoms with van der Waals surface area (Å²) in [5.74, 6) is 0.431. The summed E-state index contributed by atoms with van der Waals surface area (Å²) in [6.07, 6.45) is 12.0. The minimum atomic E-state index is -0.779. The number of likely N-dealkylation sites (tertiary alicyclic amines) is 2. The van der Waals surface area contributed by atoms with Crippen LogP contribution in [0.3, 0.4) is 0 Å². The molecule has 6 aromatic rings. The minimum absolute atomic E-state index is 0.0218. The normalized spacial score (nSPS) is 22.5. The van der Waals surface area contributed by atoms with E-state index in [9.17, 15) is 19.2 Å². The van der Waals surface area contributed by atoms with Crippen LogP contribution < -0.4 is 15.4 Å². The number of alkyl carbamates (subject to hydrolysis) is 2. The molecule has 4 aromatic heterocycles. The van der Waals surface area contributed by atoms with Crippen molar-refractivity contribution >= 4 is 46.2 Å². The van der Waals surface area contributed by atoms with Crippen molar-refractivity contribution in [2.75, 3.05) is 33.9 Å². The molecule has 6 atom stereocenters. The number of aromatic amines is 2. The molecule has 0 radical (unpaired) electrons. The number of nitrogens with one attached hydrogen (secondary N) is 4. The van der Waals surface area contributed by atoms with Crippen molar-refractivity contribution in [1.29, 1.82) is 0 Å². The summed E-state index contributed by atoms with van der Waals surface area (Å²) in [4.78, 5) is 79.2. The number of imidazole rings is 2. The third-order valence-corrected chi connectivity index (χ3v) is 17.8. The number of H-pyrrole nitrogens is 2. The summed E-state index contributed by atoms with van der Waals surface area (Å²) in [6, 6.07) is 9.22. The van der Waals surface area contributed by atoms with Crippen LogP contribution in [0.4, 0.5) is 14.0 Å². The van der Waals surface area contributed by atoms with Crippen LogP contribution in [0.2, 0.25) is 0 Å². The highest BCUT2D eigenvalue weighted by Crippen LogP contribution is 2.50. The number of halogens is 1. The Bertz CT molecular complexity index is 3190. The van der Waals surface area contributed by atoms with Gasteiger partial charge in [0, 0.05) is 47.8 Å². The van der Waals surface area contributed by atoms with Crippen molar-refractivity contribution in [3.05, 3.63) is 82.3 Å². The van der Waals surface area contributed by atoms with Crippen molar-refractivity contribution in [2.24, 2.45) is 11.8 Å². The highest BCUT2D eigenvalue weighted by Gasteiger charge is 2.44. The Balaban J connectivity index is 0.909. The predicted octanol–water partition coefficient (Wildman–Crippen LogP) is 10.1. The smallest absolute Gasteiger partial charge is 0.407 e. The van der Waals surface area contributed by atoms with E-state index >= 15 is 4.39 Å². The van der Waals surface area contributed by atoms with Crippen molar-refractivity contribution in [2.45, 2.75) is 140 Å². The largest absolute Gasteiger partial charge is 0.464 e. The van der Waals surface area contributed by atoms with E-state index in [2.05, 4.69) is 38.2 Å². The fourth-order valence-corrected chi connectivity index (χ4v) is 13.6. The van der Waals surface area contributed by atoms with Crippen LogP contribution >= 0.6 is 11.3 Å². The van der Waals surface area contributed by atoms with Gasteiger partial charge in [0.05, 0.1) is 82.3 Å². The lowest BCUT2D eigenvalue weighted by molar-refractivity contribution is -0.139. The predicted molar refractivity (Wildman–Crippen MR) is 283 cm³/mol. The maximum Gasteiger partial charge on any atom is 0.407 e. The van der Waals surface area contributed by atoms with E-state index in [1.54, 1.807) is 28.6 Å². The first-order valence-electron chi connectivity index (χ1n) is 26.7. The number of fused-ring (bicyclic) bond motifs is 5. The van der Waals surface area contributed by atoms with E-state index in [1.807, 2.05) is 63.1 Å². The molecule has 2 aromatic carbocycles. The number of methoxy groups -OCH3 is 2. The third-order valence-electron chi connectivity index (χ3n) is 16.5. The van der Waals surface area contributed by atoms with Crippen LogP contribution in [0.5, 0.6) is 5.75 Å². The van der Waals surface area contributed by atoms with Gasteiger partial charge >= 0.3 is 12.2 Å². The summed E-state index contributed by atoms with van der Waals surface area (Å²) in [5, 5.41) is 7.50. The molecule has 3 saturated heterocycles. The molecule has 5 aliphatic rings. The maximum absolute atomic E-state index is 17.1. The zero-order chi connectivity index (χ0) is 53.2. The first-order chi connectivity index (χ1) is 36.5. The monoisotopic (exact) mass is 1060 g/mol. The number of hydrogen-bond acceptors (Lipinski definition) is 12. The van der Waals surface area contributed by atoms with E-state index in [4.69, 9.17) is 33.9 Å². The quantitative estimate of drug-likeness (QED) is 0.0906. The van der Waals surface area contributed by atoms with Crippen LogP contribution in [0.25, 0.3) is 44.7 Å². The summed E-state index contributed by atoms with van der Waals surface area (Å²) in [7, 11) is 2.57. The fraction of sp³-hybridized carbons (Fsp3) is 0.518. The molecular weight excluding hydrogens is 992 g/mol. The molecule has 11 rings (SSSR count). The third kappa shape index (κ3) is 9.49. The lowest BCUT2D eigenvalue weighted by Crippen LogP contribution is -2.54. The molecule has 1 aliphatic carbocycles. The summed E-state index contributed by atoms with van der Waals surface area (Å²) < 4.78 is 41.9. The van der Waals surface area contributed by atoms with E-state index < -0.39 is 41.9 Å². The second-order valence-corrected chi connectivity index (χ2v) is 23.4. The Labute approximate surface area is 444 Å². The lowest BCUT2D eigenvalue weighted by Gasteiger charge is -2.40. The average Bonchev–Trinajstić information content (AvgIpc) is 4.27. The Morgan fingerprint density at radius 1 is 0.803 bits per heavy atom. The van der Waals surface area contributed by atoms with Gasteiger partial charge in [-0.3, -0.25) is 14.2 Å². The molecule has 20 heteroatoms. The van der Waals surface area contributed by atoms with Crippen LogP contribution in [-0.4, -0.2) is 115 Å². The van der Waals surface area contributed by atoms with E-state index in [0.717, 1.165) is 70.6 Å². The fourth-order valence-electron chi connectivity index (χ4n) is 12.5. The zero-order valence-electron chi connectivity index (χ0n) is 44.2. The van der Waals surface area contributed by atoms with Gasteiger partial charge in [0.1, 0.15) is 35.3 Å². The molecule has 4 N–H and O–H groups in total. The van der Waals surface area contributed by atoms with Gasteiger partial charge in [0.15, 0.2) is 0 Å². The Hall–Kier alpha value is -6.80. The standard InChI is InChI=1S/C56H67FN10O8S/c1-30(2)45(63-53(70)72-6)49(68)65-19-10-12-39(65)48-59-28-37(62-48)33-23-35(57)44-41-24-34-22-31(14-15-38(34)67(41)51(75-42(44)25-33)43-29-60-52(76-43)56(5)17-8-9-18-56)36-27-58-47(61-36)40-13-11-20-66(40)50(69)46(64-54(71)73-7)32-16-21-74-55(3,4)26-32/h14-15,22-25,27-30,32,39-40,45-46,51H,8-13,16-21,26H2,1-7H3,(H,58,61)(H,59,62)(H,63,70)(H,64,71)/t32?,39-,40-,45?,46?,51?/m0/s1. The van der Waals surface area contributed by atoms with Crippen LogP contribution in [0.1, 0.15) is 139 Å². The van der Waals surface area contributed by atoms with Crippen molar-refractivity contribution < 1.29 is 42.5 Å². The molecule has 18 nitrogen and oxygen atoms in total. The van der Waals surface area contributed by atoms with Crippen molar-refractivity contribution in [3.63, 3.8) is 0 Å². The molecule has 4 aliphatic heterocycles. The van der Waals surface area contributed by atoms with Crippen molar-refractivity contribution in [1.82, 2.24) is 49.9 Å². The second-order valence-electron chi connectivity index (χ2n) is 22.4. The summed E-state index contributed by atoms with van der Waals surface area (Å²) in [5.41, 5.74) is 4.10. The second kappa shape index (κ2) is 20.3. The summed E-state index contributed by atoms with van der Waals surface area (Å²) in [6.45, 7) is 11.6. The van der Waals surface area contributed by atoms with Gasteiger partial charge in [-0.1, -0.05) is 39.7 Å². The minimum Gasteiger partial charge on any atom is -0.464 e. The van der Waals surface area contributed by atoms with Gasteiger partial charge in [-0.25, -0.2) is 28.9 Å². The van der Waals surface area contributed by atoms with Gasteiger partial charge in [-0.15, -0.1) is 11.3 Å². The molecule has 0 spiro atoms. The highest BCUT2D eigenvalue weighted by atomic mass is 32.1. The Kier molecular flexibility index (Phi) is 13.7. The molecule has 4 fully saturated rings. The average molecular weight is 1060 g/mol. The summed E-state index contributed by atoms with van der Waals surface area (Å²) >= 11 is 1.65. The molecular formula is C56H67FN10O8S. The Morgan fingerprint density at radius 2 is 1.46 bits per heavy atom. The van der Waals surface area contributed by atoms with Gasteiger partial charge in [-0.05, 0) is 107 Å². The van der Waals surface area contributed by atoms with E-state index in [1.165, 1.54) is 20.3 Å². The first-order valence-corrected chi connectivity index (χ1v) is 27.5. The SMILES string of the molecule is COC(=O)NC(C(=O)N1CCC[C@H]1c1ncc(-c2cc(F)c3c(c2)OC(c2cnc(C4(C)CCCC4)s2)n2c-3cc3cc(-c4cnc([C@@H]5CCCN5C(=O)C(NC(=O)OC)C5CCOC(C)(C)C5)[nH]4)ccc32)[nH]1)C(C)C. The number of ether oxygens (including phenoxy) is 4. The maximum atomic E-state index is 17.1. The van der Waals surface area contributed by atoms with Crippen LogP contribution in [0, 0.1) is 17.7 Å². The molecule has 4 unspecified atom stereocenters. The number of amides is 4. The zero-order valence-corrected chi connectivity index (χ0v) is 45.0. The topological polar surface area (TPSA) is 211 Å². The van der Waals surface area contributed by atoms with E-state index in [-0.39, 0.29) is 41.1 Å². The number of rotatable bonds is 12. The number of carbonyl (C=O) groups is 4. The number of thiazole rings is 1. The number of carbonyl (C=O) groups excluding carboxylic acids is 4. The van der Waals surface area contributed by atoms with Gasteiger partial charge in [-0.2, -0.15) is 0 Å². The van der Waals surface area contributed by atoms with Crippen LogP contribution in [-0.2, 0) is 29.2 Å². The highest BCUT2D eigenvalue weighted by molar-refractivity contribution is 7.11. The van der Waals surface area contributed by atoms with Gasteiger partial charge in [0.25, 0.3) is 0 Å². The molecule has 8 heterocycles. The lowest BCUT2D eigenvalue weighted by atomic mass is 9.82. The molecule has 0 bridgehead atoms. The number of benzene rings is 2. The molecule has 402 valence electrons. The molecule has 1 saturated carbocycles. The van der Waals surface area contributed by atoms with Crippen LogP contribution in [0.15, 0.2) is 55.0 Å². The number of aromatic nitrogens is 6. The number of nitrogens with zero attached hydrogens (tertiary/aromatic N) is 6. The number of hydrogen-bond donors (Lipinski definition) is 4.